The Morgan fingerprint density at radius 1 is 0.333 bits per heavy atom. The summed E-state index contributed by atoms with van der Waals surface area (Å²) in [7, 11) is 0. The van der Waals surface area contributed by atoms with Crippen molar-refractivity contribution in [2.24, 2.45) is 0 Å². The summed E-state index contributed by atoms with van der Waals surface area (Å²) < 4.78 is 0. The van der Waals surface area contributed by atoms with E-state index in [4.69, 9.17) is 0 Å². The third kappa shape index (κ3) is 7.24. The van der Waals surface area contributed by atoms with Gasteiger partial charge in [0.15, 0.2) is 0 Å². The highest BCUT2D eigenvalue weighted by Crippen LogP contribution is 2.18. The average Bonchev–Trinajstić information content (AvgIpc) is 2.92. The second-order valence-electron chi connectivity index (χ2n) is 10.1. The summed E-state index contributed by atoms with van der Waals surface area (Å²) in [6, 6.07) is 36.3. The van der Waals surface area contributed by atoms with E-state index in [0.29, 0.717) is 0 Å². The third-order valence-corrected chi connectivity index (χ3v) is 7.21. The van der Waals surface area contributed by atoms with Crippen molar-refractivity contribution in [1.82, 2.24) is 0 Å². The molecule has 9 aliphatic rings. The molecule has 0 aromatic heterocycles. The van der Waals surface area contributed by atoms with Gasteiger partial charge in [0, 0.05) is 24.5 Å². The quantitative estimate of drug-likeness (QED) is 0.269. The van der Waals surface area contributed by atoms with Crippen LogP contribution < -0.4 is 10.6 Å². The molecule has 0 aliphatic carbocycles. The van der Waals surface area contributed by atoms with Crippen LogP contribution in [0.4, 0.5) is 11.4 Å². The molecule has 0 saturated carbocycles. The zero-order valence-electron chi connectivity index (χ0n) is 21.3. The summed E-state index contributed by atoms with van der Waals surface area (Å²) in [6.07, 6.45) is 9.05. The normalized spacial score (nSPS) is 15.1. The van der Waals surface area contributed by atoms with Crippen molar-refractivity contribution in [2.45, 2.75) is 51.4 Å². The fraction of sp³-hybridized carbons (Fsp3) is 0.294. The minimum absolute atomic E-state index is 0.989. The van der Waals surface area contributed by atoms with E-state index in [2.05, 4.69) is 108 Å². The molecule has 0 spiro atoms. The summed E-state index contributed by atoms with van der Waals surface area (Å²) in [4.78, 5) is 0. The van der Waals surface area contributed by atoms with Crippen LogP contribution in [0.5, 0.6) is 0 Å². The first-order valence-corrected chi connectivity index (χ1v) is 13.6. The monoisotopic (exact) mass is 474 g/mol. The molecule has 36 heavy (non-hydrogen) atoms. The number of nitrogens with one attached hydrogen (secondary N) is 2. The number of hydrogen-bond acceptors (Lipinski definition) is 2. The Morgan fingerprint density at radius 3 is 1.00 bits per heavy atom. The van der Waals surface area contributed by atoms with Gasteiger partial charge in [-0.15, -0.1) is 0 Å². The fourth-order valence-corrected chi connectivity index (χ4v) is 4.97. The molecule has 2 heteroatoms. The van der Waals surface area contributed by atoms with E-state index in [9.17, 15) is 0 Å². The first-order chi connectivity index (χ1) is 17.8. The topological polar surface area (TPSA) is 24.1 Å². The summed E-state index contributed by atoms with van der Waals surface area (Å²) in [5, 5.41) is 7.14. The molecule has 184 valence electrons. The first kappa shape index (κ1) is 24.2. The minimum atomic E-state index is 0.989. The maximum atomic E-state index is 3.57. The van der Waals surface area contributed by atoms with Crippen LogP contribution in [-0.2, 0) is 25.7 Å². The summed E-state index contributed by atoms with van der Waals surface area (Å²) in [5.41, 5.74) is 10.8. The van der Waals surface area contributed by atoms with Crippen LogP contribution in [0.1, 0.15) is 59.1 Å². The zero-order chi connectivity index (χ0) is 24.4. The lowest BCUT2D eigenvalue weighted by atomic mass is 9.99. The summed E-state index contributed by atoms with van der Waals surface area (Å²) in [6.45, 7) is 2.00. The molecule has 4 aromatic carbocycles. The molecule has 0 unspecified atom stereocenters. The van der Waals surface area contributed by atoms with Crippen molar-refractivity contribution in [1.29, 1.82) is 0 Å². The lowest BCUT2D eigenvalue weighted by molar-refractivity contribution is 0.734. The largest absolute Gasteiger partial charge is 0.385 e. The molecule has 8 bridgehead atoms. The fourth-order valence-electron chi connectivity index (χ4n) is 4.97. The van der Waals surface area contributed by atoms with E-state index in [0.717, 1.165) is 51.6 Å². The van der Waals surface area contributed by atoms with Crippen molar-refractivity contribution in [2.75, 3.05) is 23.7 Å². The highest BCUT2D eigenvalue weighted by atomic mass is 14.9. The molecule has 13 rings (SSSR count). The van der Waals surface area contributed by atoms with E-state index < -0.39 is 0 Å². The van der Waals surface area contributed by atoms with Gasteiger partial charge in [0.05, 0.1) is 0 Å². The maximum absolute atomic E-state index is 3.57. The number of rotatable bonds is 0. The van der Waals surface area contributed by atoms with Gasteiger partial charge in [-0.05, 0) is 109 Å². The molecule has 0 radical (unpaired) electrons. The van der Waals surface area contributed by atoms with Crippen molar-refractivity contribution in [3.8, 4) is 0 Å². The first-order valence-electron chi connectivity index (χ1n) is 13.6. The van der Waals surface area contributed by atoms with Crippen LogP contribution in [0.3, 0.4) is 0 Å². The summed E-state index contributed by atoms with van der Waals surface area (Å²) >= 11 is 0. The van der Waals surface area contributed by atoms with Gasteiger partial charge >= 0.3 is 0 Å². The smallest absolute Gasteiger partial charge is 0.0340 e. The molecular formula is C34H38N2. The van der Waals surface area contributed by atoms with Gasteiger partial charge in [-0.1, -0.05) is 72.8 Å². The van der Waals surface area contributed by atoms with Gasteiger partial charge in [0.1, 0.15) is 0 Å². The van der Waals surface area contributed by atoms with Crippen LogP contribution in [0, 0.1) is 0 Å². The van der Waals surface area contributed by atoms with Gasteiger partial charge in [0.2, 0.25) is 0 Å². The molecule has 9 aliphatic heterocycles. The molecular weight excluding hydrogens is 436 g/mol. The lowest BCUT2D eigenvalue weighted by Crippen LogP contribution is -2.06. The molecule has 2 N–H and O–H groups in total. The van der Waals surface area contributed by atoms with Crippen LogP contribution in [0.15, 0.2) is 97.1 Å². The molecule has 0 amide bonds. The van der Waals surface area contributed by atoms with Gasteiger partial charge < -0.3 is 10.6 Å². The molecule has 2 nitrogen and oxygen atoms in total. The number of anilines is 2. The molecule has 0 saturated heterocycles. The van der Waals surface area contributed by atoms with E-state index >= 15 is 0 Å². The number of hydrogen-bond donors (Lipinski definition) is 2. The highest BCUT2D eigenvalue weighted by molar-refractivity contribution is 5.46. The Hall–Kier alpha value is -3.52. The van der Waals surface area contributed by atoms with Crippen LogP contribution >= 0.6 is 0 Å². The Balaban J connectivity index is 1.23. The van der Waals surface area contributed by atoms with Gasteiger partial charge in [-0.3, -0.25) is 0 Å². The van der Waals surface area contributed by atoms with Crippen molar-refractivity contribution in [3.63, 3.8) is 0 Å². The Bertz CT molecular complexity index is 1090. The SMILES string of the molecule is c1cc2ccc1CCCCc1ccc(cc1)Cc1ccc(cc1)NCCCCNc1ccc(cc1)C2. The average molecular weight is 475 g/mol. The molecule has 4 aromatic rings. The molecule has 0 fully saturated rings. The number of benzene rings is 4. The lowest BCUT2D eigenvalue weighted by Gasteiger charge is -2.10. The zero-order valence-corrected chi connectivity index (χ0v) is 21.3. The van der Waals surface area contributed by atoms with E-state index in [-0.39, 0.29) is 0 Å². The van der Waals surface area contributed by atoms with Crippen molar-refractivity contribution >= 4 is 11.4 Å². The standard InChI is InChI=1S/C34H38N2/c1-2-6-28-9-13-30(14-10-28)26-32-17-21-34(22-18-32)36-24-4-3-23-35-33-19-15-31(16-20-33)25-29-11-7-27(5-1)8-12-29/h7-22,35-36H,1-6,23-26H2. The Labute approximate surface area is 216 Å². The van der Waals surface area contributed by atoms with Crippen LogP contribution in [-0.4, -0.2) is 13.1 Å². The Kier molecular flexibility index (Phi) is 8.36. The van der Waals surface area contributed by atoms with Gasteiger partial charge in [0.25, 0.3) is 0 Å². The molecule has 9 heterocycles. The highest BCUT2D eigenvalue weighted by Gasteiger charge is 2.02. The van der Waals surface area contributed by atoms with Crippen molar-refractivity contribution < 1.29 is 0 Å². The third-order valence-electron chi connectivity index (χ3n) is 7.21. The number of aryl methyl sites for hydroxylation is 2. The van der Waals surface area contributed by atoms with E-state index in [1.54, 1.807) is 0 Å². The predicted molar refractivity (Wildman–Crippen MR) is 154 cm³/mol. The maximum Gasteiger partial charge on any atom is 0.0340 e. The predicted octanol–water partition coefficient (Wildman–Crippen LogP) is 8.05. The van der Waals surface area contributed by atoms with Gasteiger partial charge in [-0.2, -0.15) is 0 Å². The van der Waals surface area contributed by atoms with Gasteiger partial charge in [-0.25, -0.2) is 0 Å². The second-order valence-corrected chi connectivity index (χ2v) is 10.1. The van der Waals surface area contributed by atoms with Crippen LogP contribution in [0.25, 0.3) is 0 Å². The molecule has 0 atom stereocenters. The summed E-state index contributed by atoms with van der Waals surface area (Å²) in [5.74, 6) is 0. The second kappa shape index (κ2) is 12.4. The van der Waals surface area contributed by atoms with Crippen molar-refractivity contribution in [3.05, 3.63) is 130 Å². The van der Waals surface area contributed by atoms with E-state index in [1.165, 1.54) is 57.6 Å². The van der Waals surface area contributed by atoms with Crippen LogP contribution in [0.2, 0.25) is 0 Å². The van der Waals surface area contributed by atoms with E-state index in [1.807, 2.05) is 0 Å². The Morgan fingerprint density at radius 2 is 0.639 bits per heavy atom. The minimum Gasteiger partial charge on any atom is -0.385 e.